The van der Waals surface area contributed by atoms with Gasteiger partial charge in [-0.2, -0.15) is 4.31 Å². The number of benzene rings is 1. The molecule has 1 aliphatic heterocycles. The largest absolute Gasteiger partial charge is 0.294 e. The Morgan fingerprint density at radius 2 is 1.85 bits per heavy atom. The van der Waals surface area contributed by atoms with Crippen LogP contribution >= 0.6 is 0 Å². The van der Waals surface area contributed by atoms with E-state index in [-0.39, 0.29) is 17.3 Å². The molecule has 27 heavy (non-hydrogen) atoms. The van der Waals surface area contributed by atoms with E-state index in [1.165, 1.54) is 4.31 Å². The number of anilines is 1. The number of aromatic nitrogens is 3. The molecule has 8 nitrogen and oxygen atoms in total. The van der Waals surface area contributed by atoms with E-state index in [9.17, 15) is 13.2 Å². The normalized spacial score (nSPS) is 18.4. The number of carbonyl (C=O) groups is 1. The predicted molar refractivity (Wildman–Crippen MR) is 99.5 cm³/mol. The maximum Gasteiger partial charge on any atom is 0.243 e. The molecule has 140 valence electrons. The molecule has 1 unspecified atom stereocenters. The molecule has 0 bridgehead atoms. The molecule has 1 atom stereocenters. The highest BCUT2D eigenvalue weighted by Gasteiger charge is 2.33. The van der Waals surface area contributed by atoms with Gasteiger partial charge in [0.25, 0.3) is 0 Å². The molecule has 0 aliphatic carbocycles. The van der Waals surface area contributed by atoms with Gasteiger partial charge in [-0.3, -0.25) is 14.5 Å². The summed E-state index contributed by atoms with van der Waals surface area (Å²) >= 11 is 0. The zero-order valence-corrected chi connectivity index (χ0v) is 15.3. The number of fused-ring (bicyclic) bond motifs is 1. The smallest absolute Gasteiger partial charge is 0.243 e. The number of amides is 1. The zero-order valence-electron chi connectivity index (χ0n) is 14.5. The van der Waals surface area contributed by atoms with E-state index in [0.717, 1.165) is 0 Å². The zero-order chi connectivity index (χ0) is 18.9. The standard InChI is InChI=1S/C18H19N5O3S/c24-17(19-18-21-20-16-10-4-5-12-23(16)18)14-7-6-11-22(13-14)27(25,26)15-8-2-1-3-9-15/h1-5,8-10,12,14H,6-7,11,13H2,(H,19,21,24). The number of rotatable bonds is 4. The maximum atomic E-state index is 12.8. The first kappa shape index (κ1) is 17.6. The molecule has 3 aromatic rings. The highest BCUT2D eigenvalue weighted by atomic mass is 32.2. The molecule has 1 amide bonds. The molecule has 9 heteroatoms. The topological polar surface area (TPSA) is 96.7 Å². The van der Waals surface area contributed by atoms with Crippen molar-refractivity contribution in [2.75, 3.05) is 18.4 Å². The molecule has 1 saturated heterocycles. The van der Waals surface area contributed by atoms with Crippen LogP contribution in [-0.4, -0.2) is 46.3 Å². The van der Waals surface area contributed by atoms with Crippen LogP contribution in [0.5, 0.6) is 0 Å². The molecule has 2 aromatic heterocycles. The number of hydrogen-bond donors (Lipinski definition) is 1. The van der Waals surface area contributed by atoms with Crippen LogP contribution in [0.25, 0.3) is 5.65 Å². The number of nitrogens with zero attached hydrogens (tertiary/aromatic N) is 4. The Balaban J connectivity index is 1.50. The minimum atomic E-state index is -3.61. The van der Waals surface area contributed by atoms with Crippen molar-refractivity contribution in [1.82, 2.24) is 18.9 Å². The Hall–Kier alpha value is -2.78. The van der Waals surface area contributed by atoms with Crippen molar-refractivity contribution in [3.63, 3.8) is 0 Å². The van der Waals surface area contributed by atoms with Crippen LogP contribution in [0.15, 0.2) is 59.6 Å². The summed E-state index contributed by atoms with van der Waals surface area (Å²) in [5.74, 6) is -0.354. The quantitative estimate of drug-likeness (QED) is 0.738. The molecule has 0 radical (unpaired) electrons. The lowest BCUT2D eigenvalue weighted by Crippen LogP contribution is -2.43. The Morgan fingerprint density at radius 3 is 2.67 bits per heavy atom. The fourth-order valence-corrected chi connectivity index (χ4v) is 4.80. The van der Waals surface area contributed by atoms with Gasteiger partial charge in [0.1, 0.15) is 0 Å². The van der Waals surface area contributed by atoms with Crippen molar-refractivity contribution in [2.45, 2.75) is 17.7 Å². The SMILES string of the molecule is O=C(Nc1nnc2ccccn12)C1CCCN(S(=O)(=O)c2ccccc2)C1. The molecule has 1 aromatic carbocycles. The summed E-state index contributed by atoms with van der Waals surface area (Å²) in [6, 6.07) is 13.7. The van der Waals surface area contributed by atoms with Gasteiger partial charge in [0.2, 0.25) is 21.9 Å². The van der Waals surface area contributed by atoms with Crippen LogP contribution in [0.1, 0.15) is 12.8 Å². The predicted octanol–water partition coefficient (Wildman–Crippen LogP) is 1.77. The fraction of sp³-hybridized carbons (Fsp3) is 0.278. The molecule has 1 fully saturated rings. The lowest BCUT2D eigenvalue weighted by Gasteiger charge is -2.31. The highest BCUT2D eigenvalue weighted by Crippen LogP contribution is 2.24. The van der Waals surface area contributed by atoms with Crippen LogP contribution in [-0.2, 0) is 14.8 Å². The monoisotopic (exact) mass is 385 g/mol. The van der Waals surface area contributed by atoms with Gasteiger partial charge < -0.3 is 0 Å². The molecule has 0 spiro atoms. The second-order valence-corrected chi connectivity index (χ2v) is 8.39. The van der Waals surface area contributed by atoms with Gasteiger partial charge in [-0.25, -0.2) is 8.42 Å². The van der Waals surface area contributed by atoms with Gasteiger partial charge >= 0.3 is 0 Å². The average molecular weight is 385 g/mol. The van der Waals surface area contributed by atoms with Crippen molar-refractivity contribution < 1.29 is 13.2 Å². The average Bonchev–Trinajstić information content (AvgIpc) is 3.12. The van der Waals surface area contributed by atoms with E-state index in [1.54, 1.807) is 47.0 Å². The first-order valence-corrected chi connectivity index (χ1v) is 10.2. The van der Waals surface area contributed by atoms with E-state index in [1.807, 2.05) is 12.1 Å². The molecule has 0 saturated carbocycles. The van der Waals surface area contributed by atoms with Gasteiger partial charge in [0.05, 0.1) is 10.8 Å². The first-order chi connectivity index (χ1) is 13.1. The fourth-order valence-electron chi connectivity index (χ4n) is 3.26. The third-order valence-electron chi connectivity index (χ3n) is 4.68. The lowest BCUT2D eigenvalue weighted by molar-refractivity contribution is -0.120. The number of hydrogen-bond acceptors (Lipinski definition) is 5. The van der Waals surface area contributed by atoms with Crippen molar-refractivity contribution >= 4 is 27.5 Å². The van der Waals surface area contributed by atoms with Crippen molar-refractivity contribution in [1.29, 1.82) is 0 Å². The van der Waals surface area contributed by atoms with Gasteiger partial charge in [0.15, 0.2) is 5.65 Å². The van der Waals surface area contributed by atoms with Crippen LogP contribution in [0.3, 0.4) is 0 Å². The molecular formula is C18H19N5O3S. The summed E-state index contributed by atoms with van der Waals surface area (Å²) in [6.45, 7) is 0.564. The molecular weight excluding hydrogens is 366 g/mol. The molecule has 1 aliphatic rings. The Labute approximate surface area is 156 Å². The third kappa shape index (κ3) is 3.43. The summed E-state index contributed by atoms with van der Waals surface area (Å²) < 4.78 is 28.7. The van der Waals surface area contributed by atoms with E-state index >= 15 is 0 Å². The van der Waals surface area contributed by atoms with Crippen molar-refractivity contribution in [3.05, 3.63) is 54.7 Å². The van der Waals surface area contributed by atoms with Crippen molar-refractivity contribution in [3.8, 4) is 0 Å². The Bertz CT molecular complexity index is 1060. The summed E-state index contributed by atoms with van der Waals surface area (Å²) in [6.07, 6.45) is 3.02. The summed E-state index contributed by atoms with van der Waals surface area (Å²) in [5, 5.41) is 10.8. The molecule has 4 rings (SSSR count). The first-order valence-electron chi connectivity index (χ1n) is 8.71. The lowest BCUT2D eigenvalue weighted by atomic mass is 9.99. The maximum absolute atomic E-state index is 12.8. The van der Waals surface area contributed by atoms with E-state index in [0.29, 0.717) is 31.0 Å². The van der Waals surface area contributed by atoms with Crippen LogP contribution < -0.4 is 5.32 Å². The second-order valence-electron chi connectivity index (χ2n) is 6.46. The van der Waals surface area contributed by atoms with Crippen LogP contribution in [0.4, 0.5) is 5.95 Å². The van der Waals surface area contributed by atoms with E-state index in [2.05, 4.69) is 15.5 Å². The van der Waals surface area contributed by atoms with Crippen LogP contribution in [0, 0.1) is 5.92 Å². The molecule has 1 N–H and O–H groups in total. The van der Waals surface area contributed by atoms with Gasteiger partial charge in [-0.15, -0.1) is 10.2 Å². The number of pyridine rings is 1. The number of carbonyl (C=O) groups excluding carboxylic acids is 1. The summed E-state index contributed by atoms with van der Waals surface area (Å²) in [4.78, 5) is 12.9. The van der Waals surface area contributed by atoms with Gasteiger partial charge in [-0.05, 0) is 37.1 Å². The van der Waals surface area contributed by atoms with E-state index < -0.39 is 15.9 Å². The Morgan fingerprint density at radius 1 is 1.07 bits per heavy atom. The highest BCUT2D eigenvalue weighted by molar-refractivity contribution is 7.89. The van der Waals surface area contributed by atoms with Gasteiger partial charge in [0, 0.05) is 19.3 Å². The summed E-state index contributed by atoms with van der Waals surface area (Å²) in [7, 11) is -3.61. The van der Waals surface area contributed by atoms with Crippen LogP contribution in [0.2, 0.25) is 0 Å². The third-order valence-corrected chi connectivity index (χ3v) is 6.56. The summed E-state index contributed by atoms with van der Waals surface area (Å²) in [5.41, 5.74) is 0.629. The number of nitrogens with one attached hydrogen (secondary N) is 1. The van der Waals surface area contributed by atoms with Gasteiger partial charge in [-0.1, -0.05) is 24.3 Å². The number of sulfonamides is 1. The van der Waals surface area contributed by atoms with Crippen molar-refractivity contribution in [2.24, 2.45) is 5.92 Å². The van der Waals surface area contributed by atoms with E-state index in [4.69, 9.17) is 0 Å². The Kier molecular flexibility index (Phi) is 4.63. The number of piperidine rings is 1. The minimum Gasteiger partial charge on any atom is -0.294 e. The molecule has 3 heterocycles. The second kappa shape index (κ2) is 7.09. The minimum absolute atomic E-state index is 0.153.